The third-order valence-electron chi connectivity index (χ3n) is 5.66. The van der Waals surface area contributed by atoms with Crippen LogP contribution in [0.5, 0.6) is 0 Å². The number of hydrogen-bond acceptors (Lipinski definition) is 9. The van der Waals surface area contributed by atoms with Gasteiger partial charge in [0, 0.05) is 24.9 Å². The minimum atomic E-state index is -0.926. The maximum absolute atomic E-state index is 13.3. The Bertz CT molecular complexity index is 1320. The molecule has 38 heavy (non-hydrogen) atoms. The normalized spacial score (nSPS) is 12.1. The number of unbranched alkanes of at least 4 members (excludes halogenated alkanes) is 2. The van der Waals surface area contributed by atoms with E-state index in [1.807, 2.05) is 39.0 Å². The van der Waals surface area contributed by atoms with Gasteiger partial charge in [-0.1, -0.05) is 39.0 Å². The van der Waals surface area contributed by atoms with Crippen LogP contribution in [0.3, 0.4) is 0 Å². The van der Waals surface area contributed by atoms with Gasteiger partial charge in [0.05, 0.1) is 24.7 Å². The Morgan fingerprint density at radius 3 is 2.61 bits per heavy atom. The van der Waals surface area contributed by atoms with Crippen molar-refractivity contribution < 1.29 is 23.9 Å². The van der Waals surface area contributed by atoms with Crippen LogP contribution in [0.25, 0.3) is 10.9 Å². The van der Waals surface area contributed by atoms with E-state index in [2.05, 4.69) is 37.3 Å². The first-order valence-corrected chi connectivity index (χ1v) is 12.3. The van der Waals surface area contributed by atoms with E-state index in [0.29, 0.717) is 18.4 Å². The van der Waals surface area contributed by atoms with Crippen LogP contribution in [-0.2, 0) is 17.9 Å². The molecule has 3 rings (SSSR count). The van der Waals surface area contributed by atoms with E-state index in [1.54, 1.807) is 10.7 Å². The van der Waals surface area contributed by atoms with Crippen molar-refractivity contribution in [2.45, 2.75) is 59.2 Å². The summed E-state index contributed by atoms with van der Waals surface area (Å²) >= 11 is 0. The van der Waals surface area contributed by atoms with Gasteiger partial charge in [-0.05, 0) is 24.3 Å². The Morgan fingerprint density at radius 2 is 1.89 bits per heavy atom. The van der Waals surface area contributed by atoms with Crippen LogP contribution in [0, 0.1) is 16.7 Å². The molecule has 202 valence electrons. The number of rotatable bonds is 12. The fourth-order valence-electron chi connectivity index (χ4n) is 3.73. The van der Waals surface area contributed by atoms with E-state index in [-0.39, 0.29) is 37.2 Å². The first-order chi connectivity index (χ1) is 18.2. The summed E-state index contributed by atoms with van der Waals surface area (Å²) in [5, 5.41) is 38.0. The Hall–Kier alpha value is -4.31. The van der Waals surface area contributed by atoms with Gasteiger partial charge >= 0.3 is 11.8 Å². The first kappa shape index (κ1) is 28.3. The third kappa shape index (κ3) is 7.13. The van der Waals surface area contributed by atoms with Gasteiger partial charge in [0.2, 0.25) is 11.8 Å². The van der Waals surface area contributed by atoms with Crippen molar-refractivity contribution >= 4 is 28.6 Å². The molecule has 3 aromatic rings. The van der Waals surface area contributed by atoms with Crippen molar-refractivity contribution in [2.24, 2.45) is 5.41 Å². The largest absolute Gasteiger partial charge is 0.415 e. The maximum Gasteiger partial charge on any atom is 0.308 e. The van der Waals surface area contributed by atoms with Crippen molar-refractivity contribution in [3.05, 3.63) is 41.7 Å². The fraction of sp³-hybridized carbons (Fsp3) is 0.480. The topological polar surface area (TPSA) is 188 Å². The highest BCUT2D eigenvalue weighted by atomic mass is 16.4. The number of carbonyl (C=O) groups is 3. The summed E-state index contributed by atoms with van der Waals surface area (Å²) in [7, 11) is 0. The van der Waals surface area contributed by atoms with E-state index < -0.39 is 29.2 Å². The number of amides is 3. The predicted octanol–water partition coefficient (Wildman–Crippen LogP) is 1.30. The number of nitriles is 1. The second-order valence-electron chi connectivity index (χ2n) is 9.67. The third-order valence-corrected chi connectivity index (χ3v) is 5.66. The van der Waals surface area contributed by atoms with Gasteiger partial charge in [-0.25, -0.2) is 0 Å². The monoisotopic (exact) mass is 524 g/mol. The number of hydrogen-bond donors (Lipinski definition) is 4. The molecule has 1 unspecified atom stereocenters. The second-order valence-corrected chi connectivity index (χ2v) is 9.67. The molecule has 0 saturated heterocycles. The van der Waals surface area contributed by atoms with Gasteiger partial charge in [0.15, 0.2) is 5.69 Å². The molecule has 1 aromatic carbocycles. The molecule has 13 heteroatoms. The van der Waals surface area contributed by atoms with Crippen LogP contribution in [0.1, 0.15) is 67.1 Å². The van der Waals surface area contributed by atoms with Crippen LogP contribution >= 0.6 is 0 Å². The molecule has 0 aliphatic carbocycles. The standard InChI is InChI=1S/C25H32N8O5/c1-25(2,3)20(22(36)28-15-18-30-31-24(38-18)23(37)27-12-14-34)29-21(35)19-16-9-5-6-10-17(16)33(32-19)13-8-4-7-11-26/h5-6,9-10,20,34H,4,7-8,12-15H2,1-3H3,(H,27,37)(H,28,36)(H,29,35). The van der Waals surface area contributed by atoms with Gasteiger partial charge < -0.3 is 25.5 Å². The molecule has 2 heterocycles. The van der Waals surface area contributed by atoms with Gasteiger partial charge in [0.1, 0.15) is 6.04 Å². The highest BCUT2D eigenvalue weighted by molar-refractivity contribution is 6.06. The smallest absolute Gasteiger partial charge is 0.308 e. The zero-order chi connectivity index (χ0) is 27.7. The van der Waals surface area contributed by atoms with Gasteiger partial charge in [-0.15, -0.1) is 10.2 Å². The Morgan fingerprint density at radius 1 is 1.13 bits per heavy atom. The van der Waals surface area contributed by atoms with Crippen molar-refractivity contribution in [2.75, 3.05) is 13.2 Å². The van der Waals surface area contributed by atoms with E-state index in [0.717, 1.165) is 18.4 Å². The number of nitrogens with one attached hydrogen (secondary N) is 3. The minimum absolute atomic E-state index is 0.00705. The molecule has 0 aliphatic heterocycles. The predicted molar refractivity (Wildman–Crippen MR) is 135 cm³/mol. The fourth-order valence-corrected chi connectivity index (χ4v) is 3.73. The molecule has 0 bridgehead atoms. The number of aliphatic hydroxyl groups is 1. The molecule has 1 atom stereocenters. The Labute approximate surface area is 219 Å². The molecule has 0 spiro atoms. The number of carbonyl (C=O) groups excluding carboxylic acids is 3. The van der Waals surface area contributed by atoms with E-state index >= 15 is 0 Å². The number of para-hydroxylation sites is 1. The average Bonchev–Trinajstić information content (AvgIpc) is 3.51. The molecule has 13 nitrogen and oxygen atoms in total. The summed E-state index contributed by atoms with van der Waals surface area (Å²) in [6.45, 7) is 5.67. The van der Waals surface area contributed by atoms with Crippen LogP contribution in [0.2, 0.25) is 0 Å². The number of nitrogens with zero attached hydrogens (tertiary/aromatic N) is 5. The number of benzene rings is 1. The number of fused-ring (bicyclic) bond motifs is 1. The average molecular weight is 525 g/mol. The zero-order valence-corrected chi connectivity index (χ0v) is 21.7. The lowest BCUT2D eigenvalue weighted by atomic mass is 9.86. The van der Waals surface area contributed by atoms with Crippen molar-refractivity contribution in [1.82, 2.24) is 35.9 Å². The van der Waals surface area contributed by atoms with Gasteiger partial charge in [-0.3, -0.25) is 19.1 Å². The Balaban J connectivity index is 1.71. The first-order valence-electron chi connectivity index (χ1n) is 12.3. The van der Waals surface area contributed by atoms with Crippen LogP contribution in [-0.4, -0.2) is 62.0 Å². The summed E-state index contributed by atoms with van der Waals surface area (Å²) in [5.41, 5.74) is 0.347. The quantitative estimate of drug-likeness (QED) is 0.253. The summed E-state index contributed by atoms with van der Waals surface area (Å²) in [4.78, 5) is 38.3. The summed E-state index contributed by atoms with van der Waals surface area (Å²) < 4.78 is 7.01. The SMILES string of the molecule is CC(C)(C)C(NC(=O)c1nn(CCCCC#N)c2ccccc12)C(=O)NCc1nnc(C(=O)NCCO)o1. The minimum Gasteiger partial charge on any atom is -0.415 e. The molecule has 0 fully saturated rings. The lowest BCUT2D eigenvalue weighted by molar-refractivity contribution is -0.125. The lowest BCUT2D eigenvalue weighted by Gasteiger charge is -2.30. The summed E-state index contributed by atoms with van der Waals surface area (Å²) in [6.07, 6.45) is 1.93. The lowest BCUT2D eigenvalue weighted by Crippen LogP contribution is -2.53. The highest BCUT2D eigenvalue weighted by Crippen LogP contribution is 2.23. The van der Waals surface area contributed by atoms with Crippen molar-refractivity contribution in [3.8, 4) is 6.07 Å². The molecule has 3 amide bonds. The van der Waals surface area contributed by atoms with Crippen LogP contribution in [0.4, 0.5) is 0 Å². The van der Waals surface area contributed by atoms with Crippen LogP contribution in [0.15, 0.2) is 28.7 Å². The van der Waals surface area contributed by atoms with Crippen LogP contribution < -0.4 is 16.0 Å². The van der Waals surface area contributed by atoms with Crippen molar-refractivity contribution in [1.29, 1.82) is 5.26 Å². The van der Waals surface area contributed by atoms with E-state index in [1.165, 1.54) is 0 Å². The van der Waals surface area contributed by atoms with Crippen molar-refractivity contribution in [3.63, 3.8) is 0 Å². The second kappa shape index (κ2) is 12.8. The molecular weight excluding hydrogens is 492 g/mol. The molecular formula is C25H32N8O5. The maximum atomic E-state index is 13.3. The number of aliphatic hydroxyl groups excluding tert-OH is 1. The Kier molecular flexibility index (Phi) is 9.50. The molecule has 2 aromatic heterocycles. The molecule has 0 aliphatic rings. The summed E-state index contributed by atoms with van der Waals surface area (Å²) in [6, 6.07) is 8.56. The van der Waals surface area contributed by atoms with E-state index in [9.17, 15) is 14.4 Å². The van der Waals surface area contributed by atoms with E-state index in [4.69, 9.17) is 14.8 Å². The summed E-state index contributed by atoms with van der Waals surface area (Å²) in [5.74, 6) is -1.89. The zero-order valence-electron chi connectivity index (χ0n) is 21.7. The highest BCUT2D eigenvalue weighted by Gasteiger charge is 2.34. The number of aromatic nitrogens is 4. The molecule has 0 radical (unpaired) electrons. The number of aryl methyl sites for hydroxylation is 1. The van der Waals surface area contributed by atoms with Gasteiger partial charge in [0.25, 0.3) is 5.91 Å². The molecule has 4 N–H and O–H groups in total. The molecule has 0 saturated carbocycles. The van der Waals surface area contributed by atoms with Gasteiger partial charge in [-0.2, -0.15) is 10.4 Å².